The van der Waals surface area contributed by atoms with E-state index in [1.807, 2.05) is 18.3 Å². The Morgan fingerprint density at radius 2 is 2.17 bits per heavy atom. The van der Waals surface area contributed by atoms with Gasteiger partial charge in [-0.05, 0) is 6.07 Å². The second-order valence-electron chi connectivity index (χ2n) is 3.92. The largest absolute Gasteiger partial charge is 0.252 e. The molecule has 0 amide bonds. The van der Waals surface area contributed by atoms with E-state index in [4.69, 9.17) is 17.5 Å². The van der Waals surface area contributed by atoms with Gasteiger partial charge in [-0.25, -0.2) is 0 Å². The van der Waals surface area contributed by atoms with Gasteiger partial charge < -0.3 is 0 Å². The van der Waals surface area contributed by atoms with Crippen molar-refractivity contribution in [2.24, 2.45) is 0 Å². The first-order valence-electron chi connectivity index (χ1n) is 5.55. The van der Waals surface area contributed by atoms with Gasteiger partial charge in [-0.1, -0.05) is 30.4 Å². The third-order valence-corrected chi connectivity index (χ3v) is 4.56. The maximum Gasteiger partial charge on any atom is 0.140 e. The lowest BCUT2D eigenvalue weighted by atomic mass is 10.2. The van der Waals surface area contributed by atoms with E-state index in [-0.39, 0.29) is 0 Å². The highest BCUT2D eigenvalue weighted by molar-refractivity contribution is 7.71. The molecule has 0 N–H and O–H groups in total. The van der Waals surface area contributed by atoms with Crippen molar-refractivity contribution < 1.29 is 0 Å². The number of hydrogen-bond acceptors (Lipinski definition) is 4. The average molecular weight is 271 g/mol. The smallest absolute Gasteiger partial charge is 0.140 e. The van der Waals surface area contributed by atoms with Crippen LogP contribution in [0.2, 0.25) is 0 Å². The molecule has 3 aromatic rings. The van der Waals surface area contributed by atoms with Gasteiger partial charge in [0.15, 0.2) is 0 Å². The molecule has 88 valence electrons. The third kappa shape index (κ3) is 1.70. The SMILES string of the molecule is N#CCCn1ncc2c(sc3ccccc32)c1=S. The summed E-state index contributed by atoms with van der Waals surface area (Å²) >= 11 is 7.14. The predicted octanol–water partition coefficient (Wildman–Crippen LogP) is 3.89. The quantitative estimate of drug-likeness (QED) is 0.664. The van der Waals surface area contributed by atoms with Crippen LogP contribution in [0.3, 0.4) is 0 Å². The molecule has 0 fully saturated rings. The number of fused-ring (bicyclic) bond motifs is 3. The first-order chi connectivity index (χ1) is 8.81. The van der Waals surface area contributed by atoms with Crippen LogP contribution in [-0.2, 0) is 6.54 Å². The topological polar surface area (TPSA) is 41.6 Å². The average Bonchev–Trinajstić information content (AvgIpc) is 2.78. The molecule has 0 aliphatic carbocycles. The lowest BCUT2D eigenvalue weighted by Crippen LogP contribution is -2.03. The van der Waals surface area contributed by atoms with Crippen LogP contribution in [0.25, 0.3) is 20.2 Å². The number of thiophene rings is 1. The molecule has 0 aliphatic rings. The van der Waals surface area contributed by atoms with Gasteiger partial charge in [0.2, 0.25) is 0 Å². The van der Waals surface area contributed by atoms with Crippen molar-refractivity contribution in [3.05, 3.63) is 35.1 Å². The molecule has 0 spiro atoms. The molecule has 0 bridgehead atoms. The van der Waals surface area contributed by atoms with Crippen molar-refractivity contribution in [3.8, 4) is 6.07 Å². The number of aromatic nitrogens is 2. The van der Waals surface area contributed by atoms with Crippen LogP contribution in [0.5, 0.6) is 0 Å². The molecular weight excluding hydrogens is 262 g/mol. The normalized spacial score (nSPS) is 10.8. The molecule has 0 radical (unpaired) electrons. The second kappa shape index (κ2) is 4.48. The van der Waals surface area contributed by atoms with Crippen molar-refractivity contribution in [2.75, 3.05) is 0 Å². The van der Waals surface area contributed by atoms with Gasteiger partial charge in [-0.15, -0.1) is 11.3 Å². The van der Waals surface area contributed by atoms with Crippen LogP contribution in [-0.4, -0.2) is 9.78 Å². The summed E-state index contributed by atoms with van der Waals surface area (Å²) in [5.41, 5.74) is 0. The summed E-state index contributed by atoms with van der Waals surface area (Å²) in [5.74, 6) is 0. The van der Waals surface area contributed by atoms with Gasteiger partial charge in [0.25, 0.3) is 0 Å². The zero-order valence-electron chi connectivity index (χ0n) is 9.46. The minimum atomic E-state index is 0.428. The molecule has 0 saturated heterocycles. The maximum atomic E-state index is 8.62. The van der Waals surface area contributed by atoms with Crippen molar-refractivity contribution in [1.29, 1.82) is 5.26 Å². The molecule has 0 atom stereocenters. The van der Waals surface area contributed by atoms with E-state index in [9.17, 15) is 0 Å². The lowest BCUT2D eigenvalue weighted by Gasteiger charge is -2.02. The minimum absolute atomic E-state index is 0.428. The summed E-state index contributed by atoms with van der Waals surface area (Å²) in [6.45, 7) is 0.555. The predicted molar refractivity (Wildman–Crippen MR) is 76.2 cm³/mol. The highest BCUT2D eigenvalue weighted by Gasteiger charge is 2.08. The van der Waals surface area contributed by atoms with Crippen molar-refractivity contribution in [2.45, 2.75) is 13.0 Å². The molecule has 5 heteroatoms. The number of benzene rings is 1. The summed E-state index contributed by atoms with van der Waals surface area (Å²) in [4.78, 5) is 0. The van der Waals surface area contributed by atoms with Crippen molar-refractivity contribution in [3.63, 3.8) is 0 Å². The van der Waals surface area contributed by atoms with Gasteiger partial charge >= 0.3 is 0 Å². The van der Waals surface area contributed by atoms with Gasteiger partial charge in [-0.3, -0.25) is 4.68 Å². The molecule has 1 aromatic carbocycles. The fraction of sp³-hybridized carbons (Fsp3) is 0.154. The number of nitriles is 1. The maximum absolute atomic E-state index is 8.62. The summed E-state index contributed by atoms with van der Waals surface area (Å²) in [6.07, 6.45) is 2.28. The van der Waals surface area contributed by atoms with E-state index in [1.165, 1.54) is 10.1 Å². The second-order valence-corrected chi connectivity index (χ2v) is 5.36. The minimum Gasteiger partial charge on any atom is -0.252 e. The molecule has 2 aromatic heterocycles. The molecule has 0 saturated carbocycles. The van der Waals surface area contributed by atoms with E-state index >= 15 is 0 Å². The van der Waals surface area contributed by atoms with Gasteiger partial charge in [-0.2, -0.15) is 10.4 Å². The van der Waals surface area contributed by atoms with Crippen molar-refractivity contribution in [1.82, 2.24) is 9.78 Å². The first kappa shape index (κ1) is 11.3. The van der Waals surface area contributed by atoms with Crippen LogP contribution in [0.1, 0.15) is 6.42 Å². The molecule has 18 heavy (non-hydrogen) atoms. The zero-order chi connectivity index (χ0) is 12.5. The Bertz CT molecular complexity index is 823. The fourth-order valence-electron chi connectivity index (χ4n) is 1.96. The van der Waals surface area contributed by atoms with E-state index in [0.717, 1.165) is 14.7 Å². The van der Waals surface area contributed by atoms with Crippen LogP contribution in [0.15, 0.2) is 30.5 Å². The van der Waals surface area contributed by atoms with E-state index < -0.39 is 0 Å². The molecule has 2 heterocycles. The highest BCUT2D eigenvalue weighted by Crippen LogP contribution is 2.33. The monoisotopic (exact) mass is 271 g/mol. The van der Waals surface area contributed by atoms with E-state index in [0.29, 0.717) is 13.0 Å². The van der Waals surface area contributed by atoms with E-state index in [2.05, 4.69) is 23.3 Å². The Kier molecular flexibility index (Phi) is 2.82. The number of aryl methyl sites for hydroxylation is 1. The van der Waals surface area contributed by atoms with Crippen LogP contribution in [0, 0.1) is 16.0 Å². The first-order valence-corrected chi connectivity index (χ1v) is 6.78. The summed E-state index contributed by atoms with van der Waals surface area (Å²) in [5, 5.41) is 15.3. The van der Waals surface area contributed by atoms with Gasteiger partial charge in [0.05, 0.1) is 29.9 Å². The fourth-order valence-corrected chi connectivity index (χ4v) is 3.46. The van der Waals surface area contributed by atoms with Crippen LogP contribution in [0.4, 0.5) is 0 Å². The van der Waals surface area contributed by atoms with Crippen LogP contribution >= 0.6 is 23.6 Å². The third-order valence-electron chi connectivity index (χ3n) is 2.82. The highest BCUT2D eigenvalue weighted by atomic mass is 32.1. The molecular formula is C13H9N3S2. The Morgan fingerprint density at radius 1 is 1.33 bits per heavy atom. The Balaban J connectivity index is 2.30. The summed E-state index contributed by atoms with van der Waals surface area (Å²) < 4.78 is 4.76. The summed E-state index contributed by atoms with van der Waals surface area (Å²) in [7, 11) is 0. The van der Waals surface area contributed by atoms with E-state index in [1.54, 1.807) is 16.0 Å². The molecule has 3 rings (SSSR count). The molecule has 0 aliphatic heterocycles. The zero-order valence-corrected chi connectivity index (χ0v) is 11.1. The number of rotatable bonds is 2. The Hall–Kier alpha value is -1.77. The lowest BCUT2D eigenvalue weighted by molar-refractivity contribution is 0.608. The Labute approximate surface area is 113 Å². The number of nitrogens with zero attached hydrogens (tertiary/aromatic N) is 3. The molecule has 0 unspecified atom stereocenters. The van der Waals surface area contributed by atoms with Gasteiger partial charge in [0, 0.05) is 15.5 Å². The van der Waals surface area contributed by atoms with Crippen molar-refractivity contribution >= 4 is 43.7 Å². The number of hydrogen-bond donors (Lipinski definition) is 0. The Morgan fingerprint density at radius 3 is 3.00 bits per heavy atom. The molecule has 3 nitrogen and oxygen atoms in total. The standard InChI is InChI=1S/C13H9N3S2/c14-6-3-7-16-13(17)12-10(8-15-16)9-4-1-2-5-11(9)18-12/h1-2,4-5,8H,3,7H2. The van der Waals surface area contributed by atoms with Gasteiger partial charge in [0.1, 0.15) is 4.64 Å². The van der Waals surface area contributed by atoms with Crippen LogP contribution < -0.4 is 0 Å². The summed E-state index contributed by atoms with van der Waals surface area (Å²) in [6, 6.07) is 10.3.